The SMILES string of the molecule is Cc1cccc(CC(N)CF)c1. The van der Waals surface area contributed by atoms with Gasteiger partial charge >= 0.3 is 0 Å². The summed E-state index contributed by atoms with van der Waals surface area (Å²) >= 11 is 0. The zero-order chi connectivity index (χ0) is 8.97. The average molecular weight is 167 g/mol. The summed E-state index contributed by atoms with van der Waals surface area (Å²) in [4.78, 5) is 0. The molecule has 1 aromatic carbocycles. The van der Waals surface area contributed by atoms with Crippen LogP contribution < -0.4 is 5.73 Å². The smallest absolute Gasteiger partial charge is 0.105 e. The van der Waals surface area contributed by atoms with Crippen LogP contribution in [-0.2, 0) is 6.42 Å². The van der Waals surface area contributed by atoms with E-state index >= 15 is 0 Å². The van der Waals surface area contributed by atoms with Gasteiger partial charge < -0.3 is 5.73 Å². The average Bonchev–Trinajstić information content (AvgIpc) is 2.04. The van der Waals surface area contributed by atoms with Crippen LogP contribution in [0.2, 0.25) is 0 Å². The van der Waals surface area contributed by atoms with Crippen molar-refractivity contribution in [1.82, 2.24) is 0 Å². The van der Waals surface area contributed by atoms with E-state index in [0.29, 0.717) is 6.42 Å². The van der Waals surface area contributed by atoms with Crippen molar-refractivity contribution >= 4 is 0 Å². The molecular formula is C10H14FN. The first-order chi connectivity index (χ1) is 5.72. The van der Waals surface area contributed by atoms with Gasteiger partial charge in [-0.2, -0.15) is 0 Å². The molecule has 1 nitrogen and oxygen atoms in total. The summed E-state index contributed by atoms with van der Waals surface area (Å²) in [6, 6.07) is 7.64. The minimum absolute atomic E-state index is 0.355. The Morgan fingerprint density at radius 2 is 2.25 bits per heavy atom. The highest BCUT2D eigenvalue weighted by Gasteiger charge is 2.02. The molecule has 1 unspecified atom stereocenters. The Bertz CT molecular complexity index is 247. The Labute approximate surface area is 72.4 Å². The maximum Gasteiger partial charge on any atom is 0.105 e. The van der Waals surface area contributed by atoms with Crippen LogP contribution in [0, 0.1) is 6.92 Å². The Morgan fingerprint density at radius 3 is 2.83 bits per heavy atom. The maximum atomic E-state index is 12.0. The van der Waals surface area contributed by atoms with Crippen LogP contribution in [0.25, 0.3) is 0 Å². The van der Waals surface area contributed by atoms with Gasteiger partial charge in [0, 0.05) is 6.04 Å². The molecule has 0 aromatic heterocycles. The molecule has 0 saturated heterocycles. The second-order valence-corrected chi connectivity index (χ2v) is 3.11. The predicted molar refractivity (Wildman–Crippen MR) is 48.8 cm³/mol. The van der Waals surface area contributed by atoms with Crippen molar-refractivity contribution in [2.75, 3.05) is 6.67 Å². The molecule has 0 bridgehead atoms. The van der Waals surface area contributed by atoms with Gasteiger partial charge in [0.2, 0.25) is 0 Å². The lowest BCUT2D eigenvalue weighted by Gasteiger charge is -2.06. The van der Waals surface area contributed by atoms with Crippen LogP contribution in [-0.4, -0.2) is 12.7 Å². The lowest BCUT2D eigenvalue weighted by molar-refractivity contribution is 0.427. The first-order valence-electron chi connectivity index (χ1n) is 4.09. The first kappa shape index (κ1) is 9.20. The van der Waals surface area contributed by atoms with Crippen molar-refractivity contribution in [3.8, 4) is 0 Å². The molecule has 0 aliphatic carbocycles. The van der Waals surface area contributed by atoms with Crippen LogP contribution >= 0.6 is 0 Å². The summed E-state index contributed by atoms with van der Waals surface area (Å²) in [7, 11) is 0. The summed E-state index contributed by atoms with van der Waals surface area (Å²) in [5.74, 6) is 0. The van der Waals surface area contributed by atoms with Crippen LogP contribution in [0.15, 0.2) is 24.3 Å². The number of hydrogen-bond donors (Lipinski definition) is 1. The van der Waals surface area contributed by atoms with Crippen LogP contribution in [0.5, 0.6) is 0 Å². The number of alkyl halides is 1. The number of aryl methyl sites for hydroxylation is 1. The van der Waals surface area contributed by atoms with Crippen LogP contribution in [0.1, 0.15) is 11.1 Å². The van der Waals surface area contributed by atoms with E-state index < -0.39 is 6.67 Å². The van der Waals surface area contributed by atoms with Gasteiger partial charge in [0.25, 0.3) is 0 Å². The van der Waals surface area contributed by atoms with Crippen molar-refractivity contribution in [2.24, 2.45) is 5.73 Å². The molecule has 0 amide bonds. The quantitative estimate of drug-likeness (QED) is 0.730. The number of nitrogens with two attached hydrogens (primary N) is 1. The molecule has 0 radical (unpaired) electrons. The van der Waals surface area contributed by atoms with Gasteiger partial charge in [-0.3, -0.25) is 0 Å². The molecule has 0 aliphatic rings. The van der Waals surface area contributed by atoms with Crippen LogP contribution in [0.3, 0.4) is 0 Å². The van der Waals surface area contributed by atoms with Gasteiger partial charge in [-0.1, -0.05) is 29.8 Å². The highest BCUT2D eigenvalue weighted by molar-refractivity contribution is 5.22. The van der Waals surface area contributed by atoms with Crippen molar-refractivity contribution in [3.63, 3.8) is 0 Å². The summed E-state index contributed by atoms with van der Waals surface area (Å²) in [6.07, 6.45) is 0.623. The van der Waals surface area contributed by atoms with E-state index in [1.165, 1.54) is 5.56 Å². The second kappa shape index (κ2) is 4.21. The third-order valence-electron chi connectivity index (χ3n) is 1.78. The van der Waals surface area contributed by atoms with Crippen LogP contribution in [0.4, 0.5) is 4.39 Å². The summed E-state index contributed by atoms with van der Waals surface area (Å²) in [5.41, 5.74) is 7.78. The molecule has 12 heavy (non-hydrogen) atoms. The molecule has 2 heteroatoms. The lowest BCUT2D eigenvalue weighted by atomic mass is 10.1. The van der Waals surface area contributed by atoms with E-state index in [0.717, 1.165) is 5.56 Å². The molecule has 0 heterocycles. The summed E-state index contributed by atoms with van der Waals surface area (Å²) in [5, 5.41) is 0. The standard InChI is InChI=1S/C10H14FN/c1-8-3-2-4-9(5-8)6-10(12)7-11/h2-5,10H,6-7,12H2,1H3. The normalized spacial score (nSPS) is 12.9. The van der Waals surface area contributed by atoms with E-state index in [4.69, 9.17) is 5.73 Å². The van der Waals surface area contributed by atoms with Gasteiger partial charge in [0.15, 0.2) is 0 Å². The predicted octanol–water partition coefficient (Wildman–Crippen LogP) is 1.83. The van der Waals surface area contributed by atoms with E-state index in [9.17, 15) is 4.39 Å². The molecular weight excluding hydrogens is 153 g/mol. The molecule has 0 fully saturated rings. The second-order valence-electron chi connectivity index (χ2n) is 3.11. The fourth-order valence-corrected chi connectivity index (χ4v) is 1.20. The lowest BCUT2D eigenvalue weighted by Crippen LogP contribution is -2.24. The molecule has 1 aromatic rings. The Morgan fingerprint density at radius 1 is 1.50 bits per heavy atom. The Hall–Kier alpha value is -0.890. The fourth-order valence-electron chi connectivity index (χ4n) is 1.20. The van der Waals surface area contributed by atoms with Crippen molar-refractivity contribution in [2.45, 2.75) is 19.4 Å². The van der Waals surface area contributed by atoms with Gasteiger partial charge in [-0.25, -0.2) is 4.39 Å². The van der Waals surface area contributed by atoms with Crippen molar-refractivity contribution in [1.29, 1.82) is 0 Å². The molecule has 66 valence electrons. The number of rotatable bonds is 3. The minimum Gasteiger partial charge on any atom is -0.325 e. The summed E-state index contributed by atoms with van der Waals surface area (Å²) in [6.45, 7) is 1.57. The zero-order valence-electron chi connectivity index (χ0n) is 7.26. The van der Waals surface area contributed by atoms with E-state index in [1.54, 1.807) is 0 Å². The third kappa shape index (κ3) is 2.62. The molecule has 0 spiro atoms. The van der Waals surface area contributed by atoms with Gasteiger partial charge in [-0.15, -0.1) is 0 Å². The largest absolute Gasteiger partial charge is 0.325 e. The molecule has 1 atom stereocenters. The maximum absolute atomic E-state index is 12.0. The van der Waals surface area contributed by atoms with Gasteiger partial charge in [0.1, 0.15) is 6.67 Å². The van der Waals surface area contributed by atoms with E-state index in [-0.39, 0.29) is 6.04 Å². The monoisotopic (exact) mass is 167 g/mol. The highest BCUT2D eigenvalue weighted by atomic mass is 19.1. The summed E-state index contributed by atoms with van der Waals surface area (Å²) < 4.78 is 12.0. The molecule has 0 aliphatic heterocycles. The zero-order valence-corrected chi connectivity index (χ0v) is 7.26. The van der Waals surface area contributed by atoms with Gasteiger partial charge in [0.05, 0.1) is 0 Å². The third-order valence-corrected chi connectivity index (χ3v) is 1.78. The number of benzene rings is 1. The number of hydrogen-bond acceptors (Lipinski definition) is 1. The Kier molecular flexibility index (Phi) is 3.23. The highest BCUT2D eigenvalue weighted by Crippen LogP contribution is 2.05. The van der Waals surface area contributed by atoms with Gasteiger partial charge in [-0.05, 0) is 18.9 Å². The minimum atomic E-state index is -0.450. The van der Waals surface area contributed by atoms with E-state index in [2.05, 4.69) is 0 Å². The molecule has 0 saturated carbocycles. The fraction of sp³-hybridized carbons (Fsp3) is 0.400. The van der Waals surface area contributed by atoms with E-state index in [1.807, 2.05) is 31.2 Å². The number of halogens is 1. The molecule has 1 rings (SSSR count). The van der Waals surface area contributed by atoms with Crippen molar-refractivity contribution < 1.29 is 4.39 Å². The first-order valence-corrected chi connectivity index (χ1v) is 4.09. The van der Waals surface area contributed by atoms with Crippen molar-refractivity contribution in [3.05, 3.63) is 35.4 Å². The molecule has 2 N–H and O–H groups in total. The topological polar surface area (TPSA) is 26.0 Å². The Balaban J connectivity index is 2.63.